The van der Waals surface area contributed by atoms with Crippen LogP contribution in [0.1, 0.15) is 21.5 Å². The Kier molecular flexibility index (Phi) is 6.37. The van der Waals surface area contributed by atoms with Gasteiger partial charge >= 0.3 is 0 Å². The van der Waals surface area contributed by atoms with Crippen LogP contribution in [0, 0.1) is 19.7 Å². The van der Waals surface area contributed by atoms with Crippen molar-refractivity contribution in [2.45, 2.75) is 18.7 Å². The molecule has 4 rings (SSSR count). The molecule has 3 aromatic carbocycles. The molecule has 0 bridgehead atoms. The summed E-state index contributed by atoms with van der Waals surface area (Å²) in [5.41, 5.74) is 3.22. The number of halogens is 1. The van der Waals surface area contributed by atoms with Crippen LogP contribution in [0.2, 0.25) is 0 Å². The molecular weight excluding hydrogens is 441 g/mol. The van der Waals surface area contributed by atoms with Gasteiger partial charge in [-0.15, -0.1) is 0 Å². The number of aryl methyl sites for hydroxylation is 2. The van der Waals surface area contributed by atoms with E-state index in [1.54, 1.807) is 54.3 Å². The normalized spacial score (nSPS) is 14.3. The highest BCUT2D eigenvalue weighted by molar-refractivity contribution is 7.92. The first-order valence-corrected chi connectivity index (χ1v) is 12.2. The van der Waals surface area contributed by atoms with Crippen molar-refractivity contribution in [1.29, 1.82) is 0 Å². The van der Waals surface area contributed by atoms with E-state index in [2.05, 4.69) is 9.62 Å². The molecule has 1 aliphatic rings. The third-order valence-corrected chi connectivity index (χ3v) is 7.28. The molecule has 1 N–H and O–H groups in total. The summed E-state index contributed by atoms with van der Waals surface area (Å²) in [4.78, 5) is 17.0. The quantitative estimate of drug-likeness (QED) is 0.611. The molecule has 1 heterocycles. The highest BCUT2D eigenvalue weighted by atomic mass is 32.2. The minimum Gasteiger partial charge on any atom is -0.368 e. The van der Waals surface area contributed by atoms with E-state index >= 15 is 0 Å². The lowest BCUT2D eigenvalue weighted by Gasteiger charge is -2.36. The number of hydrogen-bond donors (Lipinski definition) is 1. The van der Waals surface area contributed by atoms with E-state index < -0.39 is 10.0 Å². The number of sulfonamides is 1. The van der Waals surface area contributed by atoms with Crippen molar-refractivity contribution in [2.24, 2.45) is 0 Å². The van der Waals surface area contributed by atoms with E-state index in [0.717, 1.165) is 11.3 Å². The number of nitrogens with one attached hydrogen (secondary N) is 1. The molecule has 6 nitrogen and oxygen atoms in total. The Morgan fingerprint density at radius 3 is 2.27 bits per heavy atom. The van der Waals surface area contributed by atoms with E-state index in [4.69, 9.17) is 0 Å². The van der Waals surface area contributed by atoms with Crippen LogP contribution in [0.3, 0.4) is 0 Å². The molecule has 0 aliphatic carbocycles. The molecule has 0 atom stereocenters. The van der Waals surface area contributed by atoms with Gasteiger partial charge in [-0.1, -0.05) is 18.2 Å². The lowest BCUT2D eigenvalue weighted by molar-refractivity contribution is 0.0746. The molecule has 1 aliphatic heterocycles. The highest BCUT2D eigenvalue weighted by Gasteiger charge is 2.25. The number of rotatable bonds is 5. The zero-order valence-electron chi connectivity index (χ0n) is 18.6. The van der Waals surface area contributed by atoms with Crippen LogP contribution in [0.4, 0.5) is 15.8 Å². The highest BCUT2D eigenvalue weighted by Crippen LogP contribution is 2.23. The number of amides is 1. The van der Waals surface area contributed by atoms with E-state index in [9.17, 15) is 17.6 Å². The first kappa shape index (κ1) is 22.8. The van der Waals surface area contributed by atoms with Crippen molar-refractivity contribution in [3.63, 3.8) is 0 Å². The Morgan fingerprint density at radius 2 is 1.61 bits per heavy atom. The molecule has 1 amide bonds. The van der Waals surface area contributed by atoms with Crippen molar-refractivity contribution < 1.29 is 17.6 Å². The van der Waals surface area contributed by atoms with Gasteiger partial charge in [0.25, 0.3) is 15.9 Å². The Bertz CT molecular complexity index is 1270. The van der Waals surface area contributed by atoms with Crippen molar-refractivity contribution in [3.8, 4) is 0 Å². The number of benzene rings is 3. The van der Waals surface area contributed by atoms with E-state index in [1.165, 1.54) is 18.2 Å². The Morgan fingerprint density at radius 1 is 0.909 bits per heavy atom. The molecule has 0 radical (unpaired) electrons. The minimum absolute atomic E-state index is 0.0832. The van der Waals surface area contributed by atoms with Gasteiger partial charge in [0.05, 0.1) is 4.90 Å². The maximum absolute atomic E-state index is 13.2. The monoisotopic (exact) mass is 467 g/mol. The molecule has 0 saturated carbocycles. The number of carbonyl (C=O) groups is 1. The number of piperazine rings is 1. The fraction of sp³-hybridized carbons (Fsp3) is 0.240. The predicted molar refractivity (Wildman–Crippen MR) is 128 cm³/mol. The summed E-state index contributed by atoms with van der Waals surface area (Å²) in [5, 5.41) is 0. The van der Waals surface area contributed by atoms with Gasteiger partial charge < -0.3 is 9.80 Å². The maximum atomic E-state index is 13.2. The zero-order chi connectivity index (χ0) is 23.6. The SMILES string of the molecule is Cc1cccc(NS(=O)(=O)c2cc(C(=O)N3CCN(c4ccc(F)cc4)CC3)ccc2C)c1. The van der Waals surface area contributed by atoms with E-state index in [1.807, 2.05) is 13.0 Å². The van der Waals surface area contributed by atoms with Gasteiger partial charge in [0, 0.05) is 43.1 Å². The fourth-order valence-corrected chi connectivity index (χ4v) is 5.26. The van der Waals surface area contributed by atoms with Crippen LogP contribution >= 0.6 is 0 Å². The van der Waals surface area contributed by atoms with E-state index in [0.29, 0.717) is 43.0 Å². The summed E-state index contributed by atoms with van der Waals surface area (Å²) >= 11 is 0. The van der Waals surface area contributed by atoms with Gasteiger partial charge in [-0.05, 0) is 73.5 Å². The second-order valence-electron chi connectivity index (χ2n) is 8.21. The van der Waals surface area contributed by atoms with E-state index in [-0.39, 0.29) is 16.6 Å². The van der Waals surface area contributed by atoms with Crippen LogP contribution in [-0.4, -0.2) is 45.4 Å². The Labute approximate surface area is 193 Å². The van der Waals surface area contributed by atoms with Gasteiger partial charge in [0.2, 0.25) is 0 Å². The summed E-state index contributed by atoms with van der Waals surface area (Å²) in [6.45, 7) is 5.81. The molecule has 1 fully saturated rings. The smallest absolute Gasteiger partial charge is 0.262 e. The van der Waals surface area contributed by atoms with Crippen LogP contribution in [0.5, 0.6) is 0 Å². The largest absolute Gasteiger partial charge is 0.368 e. The van der Waals surface area contributed by atoms with Crippen LogP contribution in [0.25, 0.3) is 0 Å². The number of anilines is 2. The van der Waals surface area contributed by atoms with Crippen molar-refractivity contribution >= 4 is 27.3 Å². The lowest BCUT2D eigenvalue weighted by Crippen LogP contribution is -2.48. The van der Waals surface area contributed by atoms with Gasteiger partial charge in [0.1, 0.15) is 5.82 Å². The molecule has 8 heteroatoms. The van der Waals surface area contributed by atoms with Crippen LogP contribution < -0.4 is 9.62 Å². The van der Waals surface area contributed by atoms with Crippen molar-refractivity contribution in [3.05, 3.63) is 89.2 Å². The second-order valence-corrected chi connectivity index (χ2v) is 9.86. The minimum atomic E-state index is -3.86. The number of nitrogens with zero attached hydrogens (tertiary/aromatic N) is 2. The lowest BCUT2D eigenvalue weighted by atomic mass is 10.1. The van der Waals surface area contributed by atoms with Crippen molar-refractivity contribution in [1.82, 2.24) is 4.90 Å². The summed E-state index contributed by atoms with van der Waals surface area (Å²) in [7, 11) is -3.86. The summed E-state index contributed by atoms with van der Waals surface area (Å²) in [6, 6.07) is 18.2. The summed E-state index contributed by atoms with van der Waals surface area (Å²) < 4.78 is 41.9. The molecule has 33 heavy (non-hydrogen) atoms. The average molecular weight is 468 g/mol. The van der Waals surface area contributed by atoms with Crippen LogP contribution in [0.15, 0.2) is 71.6 Å². The molecular formula is C25H26FN3O3S. The second kappa shape index (κ2) is 9.23. The third-order valence-electron chi connectivity index (χ3n) is 5.75. The van der Waals surface area contributed by atoms with Gasteiger partial charge in [-0.2, -0.15) is 0 Å². The number of carbonyl (C=O) groups excluding carboxylic acids is 1. The first-order valence-electron chi connectivity index (χ1n) is 10.7. The van der Waals surface area contributed by atoms with Gasteiger partial charge in [0.15, 0.2) is 0 Å². The maximum Gasteiger partial charge on any atom is 0.262 e. The van der Waals surface area contributed by atoms with Gasteiger partial charge in [-0.3, -0.25) is 9.52 Å². The molecule has 0 unspecified atom stereocenters. The molecule has 0 aromatic heterocycles. The standard InChI is InChI=1S/C25H26FN3O3S/c1-18-4-3-5-22(16-18)27-33(31,32)24-17-20(7-6-19(24)2)25(30)29-14-12-28(13-15-29)23-10-8-21(26)9-11-23/h3-11,16-17,27H,12-15H2,1-2H3. The fourth-order valence-electron chi connectivity index (χ4n) is 3.94. The topological polar surface area (TPSA) is 69.7 Å². The molecule has 3 aromatic rings. The predicted octanol–water partition coefficient (Wildman–Crippen LogP) is 4.21. The zero-order valence-corrected chi connectivity index (χ0v) is 19.4. The van der Waals surface area contributed by atoms with Crippen LogP contribution in [-0.2, 0) is 10.0 Å². The van der Waals surface area contributed by atoms with Crippen molar-refractivity contribution in [2.75, 3.05) is 35.8 Å². The summed E-state index contributed by atoms with van der Waals surface area (Å²) in [6.07, 6.45) is 0. The molecule has 172 valence electrons. The molecule has 1 saturated heterocycles. The third kappa shape index (κ3) is 5.17. The molecule has 0 spiro atoms. The Balaban J connectivity index is 1.49. The Hall–Kier alpha value is -3.39. The van der Waals surface area contributed by atoms with Gasteiger partial charge in [-0.25, -0.2) is 12.8 Å². The summed E-state index contributed by atoms with van der Waals surface area (Å²) in [5.74, 6) is -0.490. The number of hydrogen-bond acceptors (Lipinski definition) is 4. The first-order chi connectivity index (χ1) is 15.7. The average Bonchev–Trinajstić information content (AvgIpc) is 2.79.